The van der Waals surface area contributed by atoms with Crippen molar-refractivity contribution < 1.29 is 24.2 Å². The highest BCUT2D eigenvalue weighted by molar-refractivity contribution is 6.76. The van der Waals surface area contributed by atoms with Crippen molar-refractivity contribution in [3.05, 3.63) is 47.3 Å². The standard InChI is InChI=1S/C16H23N3O3Si.C15H19N5O2/c1-23(2,3)7-6-22-10-19-9-12(16(20)21)14-15(19)17-8-13(18-14)11-4-5-11;1-8(15(22)20(2)3)18-14(21)10-6-16-13-12(10)19-11(7-17-13)9-4-5-9/h8-9,11H,4-7,10H2,1-3H3,(H,20,21);6-9H,4-5H2,1-3H3,(H,16,17)(H,18,21)/t;8-/m.0/s1. The van der Waals surface area contributed by atoms with Crippen LogP contribution in [0.25, 0.3) is 22.3 Å². The number of nitrogens with zero attached hydrogens (tertiary/aromatic N) is 6. The molecule has 4 aromatic heterocycles. The molecule has 0 bridgehead atoms. The number of fused-ring (bicyclic) bond motifs is 2. The summed E-state index contributed by atoms with van der Waals surface area (Å²) in [6.07, 6.45) is 11.2. The van der Waals surface area contributed by atoms with Gasteiger partial charge in [-0.1, -0.05) is 19.6 Å². The third-order valence-electron chi connectivity index (χ3n) is 7.84. The smallest absolute Gasteiger partial charge is 0.339 e. The molecule has 0 aliphatic heterocycles. The number of aromatic nitrogens is 6. The van der Waals surface area contributed by atoms with Crippen LogP contribution in [0.15, 0.2) is 24.8 Å². The zero-order chi connectivity index (χ0) is 32.5. The fourth-order valence-corrected chi connectivity index (χ4v) is 5.57. The number of hydrogen-bond acceptors (Lipinski definition) is 8. The number of H-pyrrole nitrogens is 1. The third kappa shape index (κ3) is 7.92. The fourth-order valence-electron chi connectivity index (χ4n) is 4.81. The van der Waals surface area contributed by atoms with Crippen molar-refractivity contribution in [1.29, 1.82) is 0 Å². The van der Waals surface area contributed by atoms with Gasteiger partial charge in [-0.3, -0.25) is 9.59 Å². The number of aromatic amines is 1. The van der Waals surface area contributed by atoms with Gasteiger partial charge in [0.1, 0.15) is 29.4 Å². The number of aromatic carboxylic acids is 1. The van der Waals surface area contributed by atoms with Crippen LogP contribution in [0.3, 0.4) is 0 Å². The van der Waals surface area contributed by atoms with Crippen molar-refractivity contribution in [2.45, 2.75) is 82.9 Å². The van der Waals surface area contributed by atoms with Crippen molar-refractivity contribution >= 4 is 48.2 Å². The number of carboxylic acids is 1. The summed E-state index contributed by atoms with van der Waals surface area (Å²) in [5, 5.41) is 12.1. The van der Waals surface area contributed by atoms with Crippen LogP contribution >= 0.6 is 0 Å². The van der Waals surface area contributed by atoms with E-state index in [4.69, 9.17) is 4.74 Å². The van der Waals surface area contributed by atoms with Crippen LogP contribution in [-0.2, 0) is 16.3 Å². The molecule has 3 N–H and O–H groups in total. The fraction of sp³-hybridized carbons (Fsp3) is 0.516. The highest BCUT2D eigenvalue weighted by atomic mass is 28.3. The number of rotatable bonds is 11. The number of carbonyl (C=O) groups excluding carboxylic acids is 2. The molecule has 13 nitrogen and oxygen atoms in total. The Hall–Kier alpha value is -4.17. The molecule has 4 heterocycles. The predicted molar refractivity (Wildman–Crippen MR) is 172 cm³/mol. The summed E-state index contributed by atoms with van der Waals surface area (Å²) in [5.41, 5.74) is 4.64. The Bertz CT molecular complexity index is 1720. The SMILES string of the molecule is C[C@H](NC(=O)c1c[nH]c2ncc(C3CC3)nc12)C(=O)N(C)C.C[Si](C)(C)CCOCn1cc(C(=O)O)c2nc(C3CC3)cnc21. The first-order valence-corrected chi connectivity index (χ1v) is 19.1. The van der Waals surface area contributed by atoms with Crippen LogP contribution < -0.4 is 5.32 Å². The third-order valence-corrected chi connectivity index (χ3v) is 9.54. The molecule has 14 heteroatoms. The molecule has 45 heavy (non-hydrogen) atoms. The summed E-state index contributed by atoms with van der Waals surface area (Å²) in [5.74, 6) is -0.533. The Balaban J connectivity index is 0.000000178. The number of nitrogens with one attached hydrogen (secondary N) is 2. The first-order valence-electron chi connectivity index (χ1n) is 15.3. The summed E-state index contributed by atoms with van der Waals surface area (Å²) in [6.45, 7) is 9.56. The Morgan fingerprint density at radius 3 is 2.24 bits per heavy atom. The van der Waals surface area contributed by atoms with Gasteiger partial charge in [-0.2, -0.15) is 0 Å². The lowest BCUT2D eigenvalue weighted by Gasteiger charge is -2.17. The second-order valence-corrected chi connectivity index (χ2v) is 18.9. The van der Waals surface area contributed by atoms with Gasteiger partial charge in [-0.25, -0.2) is 24.7 Å². The van der Waals surface area contributed by atoms with Gasteiger partial charge < -0.3 is 29.6 Å². The molecule has 2 aliphatic rings. The molecule has 4 aromatic rings. The highest BCUT2D eigenvalue weighted by Gasteiger charge is 2.28. The van der Waals surface area contributed by atoms with E-state index in [0.29, 0.717) is 53.1 Å². The molecule has 0 spiro atoms. The molecule has 6 rings (SSSR count). The maximum absolute atomic E-state index is 12.4. The van der Waals surface area contributed by atoms with Crippen LogP contribution in [0.5, 0.6) is 0 Å². The van der Waals surface area contributed by atoms with Crippen LogP contribution in [0.4, 0.5) is 0 Å². The van der Waals surface area contributed by atoms with Crippen molar-refractivity contribution in [2.75, 3.05) is 20.7 Å². The van der Waals surface area contributed by atoms with Gasteiger partial charge in [0, 0.05) is 53.0 Å². The summed E-state index contributed by atoms with van der Waals surface area (Å²) in [4.78, 5) is 57.9. The van der Waals surface area contributed by atoms with Gasteiger partial charge in [-0.15, -0.1) is 0 Å². The molecular weight excluding hydrogens is 592 g/mol. The summed E-state index contributed by atoms with van der Waals surface area (Å²) < 4.78 is 7.47. The monoisotopic (exact) mass is 634 g/mol. The normalized spacial score (nSPS) is 15.4. The molecule has 2 fully saturated rings. The van der Waals surface area contributed by atoms with E-state index in [0.717, 1.165) is 43.1 Å². The average molecular weight is 635 g/mol. The van der Waals surface area contributed by atoms with Crippen molar-refractivity contribution in [2.24, 2.45) is 0 Å². The number of amides is 2. The summed E-state index contributed by atoms with van der Waals surface area (Å²) in [7, 11) is 2.18. The van der Waals surface area contributed by atoms with E-state index in [9.17, 15) is 19.5 Å². The van der Waals surface area contributed by atoms with Crippen LogP contribution in [0, 0.1) is 0 Å². The quantitative estimate of drug-likeness (QED) is 0.160. The lowest BCUT2D eigenvalue weighted by molar-refractivity contribution is -0.130. The number of carboxylic acid groups (broad SMARTS) is 1. The molecule has 2 saturated carbocycles. The second-order valence-electron chi connectivity index (χ2n) is 13.3. The van der Waals surface area contributed by atoms with Gasteiger partial charge in [0.25, 0.3) is 5.91 Å². The Kier molecular flexibility index (Phi) is 9.35. The molecule has 2 amide bonds. The van der Waals surface area contributed by atoms with E-state index in [-0.39, 0.29) is 17.4 Å². The molecule has 240 valence electrons. The van der Waals surface area contributed by atoms with Crippen molar-refractivity contribution in [3.63, 3.8) is 0 Å². The molecule has 1 atom stereocenters. The Morgan fingerprint density at radius 2 is 1.67 bits per heavy atom. The Morgan fingerprint density at radius 1 is 1.04 bits per heavy atom. The molecule has 0 radical (unpaired) electrons. The maximum atomic E-state index is 12.4. The first kappa shape index (κ1) is 32.2. The number of ether oxygens (including phenoxy) is 1. The van der Waals surface area contributed by atoms with E-state index in [1.165, 1.54) is 4.90 Å². The second kappa shape index (κ2) is 13.1. The summed E-state index contributed by atoms with van der Waals surface area (Å²) >= 11 is 0. The van der Waals surface area contributed by atoms with Gasteiger partial charge >= 0.3 is 5.97 Å². The molecular formula is C31H42N8O5Si. The van der Waals surface area contributed by atoms with Gasteiger partial charge in [-0.05, 0) is 38.7 Å². The number of carbonyl (C=O) groups is 3. The summed E-state index contributed by atoms with van der Waals surface area (Å²) in [6, 6.07) is 0.488. The minimum absolute atomic E-state index is 0.155. The largest absolute Gasteiger partial charge is 0.478 e. The lowest BCUT2D eigenvalue weighted by atomic mass is 10.2. The lowest BCUT2D eigenvalue weighted by Crippen LogP contribution is -2.44. The van der Waals surface area contributed by atoms with Crippen LogP contribution in [0.2, 0.25) is 25.7 Å². The molecule has 2 aliphatic carbocycles. The van der Waals surface area contributed by atoms with E-state index in [1.807, 2.05) is 0 Å². The van der Waals surface area contributed by atoms with Gasteiger partial charge in [0.05, 0.1) is 29.3 Å². The van der Waals surface area contributed by atoms with Gasteiger partial charge in [0.2, 0.25) is 5.91 Å². The average Bonchev–Trinajstić information content (AvgIpc) is 3.93. The van der Waals surface area contributed by atoms with Crippen LogP contribution in [0.1, 0.15) is 76.5 Å². The zero-order valence-corrected chi connectivity index (χ0v) is 27.8. The number of likely N-dealkylation sites (N-methyl/N-ethyl adjacent to an activating group) is 1. The first-order chi connectivity index (χ1) is 21.3. The molecule has 0 saturated heterocycles. The van der Waals surface area contributed by atoms with Gasteiger partial charge in [0.15, 0.2) is 11.3 Å². The minimum atomic E-state index is -1.13. The van der Waals surface area contributed by atoms with E-state index < -0.39 is 20.1 Å². The minimum Gasteiger partial charge on any atom is -0.478 e. The number of hydrogen-bond donors (Lipinski definition) is 3. The molecule has 0 aromatic carbocycles. The van der Waals surface area contributed by atoms with E-state index >= 15 is 0 Å². The van der Waals surface area contributed by atoms with E-state index in [2.05, 4.69) is 49.9 Å². The topological polar surface area (TPSA) is 168 Å². The van der Waals surface area contributed by atoms with E-state index in [1.54, 1.807) is 50.4 Å². The highest BCUT2D eigenvalue weighted by Crippen LogP contribution is 2.40. The molecule has 0 unspecified atom stereocenters. The zero-order valence-electron chi connectivity index (χ0n) is 26.8. The maximum Gasteiger partial charge on any atom is 0.339 e. The van der Waals surface area contributed by atoms with Crippen molar-refractivity contribution in [1.82, 2.24) is 39.7 Å². The Labute approximate surface area is 262 Å². The predicted octanol–water partition coefficient (Wildman–Crippen LogP) is 4.36. The van der Waals surface area contributed by atoms with Crippen LogP contribution in [-0.4, -0.2) is 92.1 Å². The van der Waals surface area contributed by atoms with Crippen molar-refractivity contribution in [3.8, 4) is 0 Å².